The maximum absolute atomic E-state index is 12.5. The fourth-order valence-electron chi connectivity index (χ4n) is 3.54. The number of nitrogens with zero attached hydrogens (tertiary/aromatic N) is 3. The normalized spacial score (nSPS) is 18.3. The van der Waals surface area contributed by atoms with Crippen LogP contribution in [0, 0.1) is 0 Å². The Bertz CT molecular complexity index is 803. The van der Waals surface area contributed by atoms with Crippen LogP contribution in [0.15, 0.2) is 47.3 Å². The maximum atomic E-state index is 12.5. The lowest BCUT2D eigenvalue weighted by Gasteiger charge is -2.32. The van der Waals surface area contributed by atoms with Crippen molar-refractivity contribution in [1.82, 2.24) is 14.7 Å². The molecule has 0 unspecified atom stereocenters. The monoisotopic (exact) mass is 337 g/mol. The van der Waals surface area contributed by atoms with Crippen molar-refractivity contribution >= 4 is 5.91 Å². The summed E-state index contributed by atoms with van der Waals surface area (Å²) in [5.41, 5.74) is 2.06. The van der Waals surface area contributed by atoms with Gasteiger partial charge in [-0.15, -0.1) is 0 Å². The number of aromatic nitrogens is 2. The van der Waals surface area contributed by atoms with Gasteiger partial charge in [-0.1, -0.05) is 30.3 Å². The first-order valence-electron chi connectivity index (χ1n) is 9.12. The third-order valence-corrected chi connectivity index (χ3v) is 5.20. The summed E-state index contributed by atoms with van der Waals surface area (Å²) in [4.78, 5) is 26.6. The highest BCUT2D eigenvalue weighted by Crippen LogP contribution is 2.38. The van der Waals surface area contributed by atoms with Crippen molar-refractivity contribution in [3.05, 3.63) is 64.1 Å². The molecule has 2 heterocycles. The molecule has 0 spiro atoms. The number of piperidine rings is 1. The number of carbonyl (C=O) groups is 1. The van der Waals surface area contributed by atoms with Crippen molar-refractivity contribution in [3.8, 4) is 0 Å². The quantitative estimate of drug-likeness (QED) is 0.861. The molecule has 2 fully saturated rings. The van der Waals surface area contributed by atoms with E-state index in [9.17, 15) is 9.59 Å². The van der Waals surface area contributed by atoms with E-state index < -0.39 is 0 Å². The van der Waals surface area contributed by atoms with E-state index in [1.165, 1.54) is 12.8 Å². The Hall–Kier alpha value is -2.43. The van der Waals surface area contributed by atoms with Gasteiger partial charge < -0.3 is 4.90 Å². The van der Waals surface area contributed by atoms with Crippen LogP contribution in [0.25, 0.3) is 0 Å². The number of hydrogen-bond donors (Lipinski definition) is 0. The zero-order valence-electron chi connectivity index (χ0n) is 14.3. The molecule has 0 atom stereocenters. The average molecular weight is 337 g/mol. The van der Waals surface area contributed by atoms with Gasteiger partial charge in [-0.05, 0) is 37.3 Å². The summed E-state index contributed by atoms with van der Waals surface area (Å²) < 4.78 is 1.66. The molecule has 1 saturated heterocycles. The molecule has 130 valence electrons. The first-order chi connectivity index (χ1) is 12.2. The first kappa shape index (κ1) is 16.1. The zero-order chi connectivity index (χ0) is 17.2. The van der Waals surface area contributed by atoms with E-state index in [1.54, 1.807) is 10.7 Å². The molecule has 1 aliphatic heterocycles. The van der Waals surface area contributed by atoms with E-state index in [4.69, 9.17) is 0 Å². The van der Waals surface area contributed by atoms with E-state index in [1.807, 2.05) is 41.3 Å². The van der Waals surface area contributed by atoms with Crippen molar-refractivity contribution in [2.24, 2.45) is 0 Å². The molecule has 0 radical (unpaired) electrons. The van der Waals surface area contributed by atoms with Crippen molar-refractivity contribution in [2.45, 2.75) is 44.1 Å². The molecule has 1 amide bonds. The molecule has 2 aliphatic rings. The summed E-state index contributed by atoms with van der Waals surface area (Å²) in [6, 6.07) is 13.5. The van der Waals surface area contributed by atoms with Gasteiger partial charge in [-0.25, -0.2) is 4.68 Å². The Balaban J connectivity index is 1.39. The summed E-state index contributed by atoms with van der Waals surface area (Å²) in [5.74, 6) is 0.705. The highest BCUT2D eigenvalue weighted by Gasteiger charge is 2.28. The summed E-state index contributed by atoms with van der Waals surface area (Å²) in [7, 11) is 0. The highest BCUT2D eigenvalue weighted by atomic mass is 16.2. The van der Waals surface area contributed by atoms with Crippen LogP contribution in [0.3, 0.4) is 0 Å². The molecule has 5 heteroatoms. The van der Waals surface area contributed by atoms with Crippen molar-refractivity contribution in [2.75, 3.05) is 13.1 Å². The van der Waals surface area contributed by atoms with Crippen molar-refractivity contribution in [1.29, 1.82) is 0 Å². The molecule has 5 nitrogen and oxygen atoms in total. The topological polar surface area (TPSA) is 55.2 Å². The highest BCUT2D eigenvalue weighted by molar-refractivity contribution is 5.78. The van der Waals surface area contributed by atoms with Crippen LogP contribution >= 0.6 is 0 Å². The Morgan fingerprint density at radius 2 is 1.72 bits per heavy atom. The lowest BCUT2D eigenvalue weighted by atomic mass is 10.0. The molecule has 1 aliphatic carbocycles. The first-order valence-corrected chi connectivity index (χ1v) is 9.12. The number of carbonyl (C=O) groups excluding carboxylic acids is 1. The molecule has 1 aromatic heterocycles. The minimum absolute atomic E-state index is 0.0292. The van der Waals surface area contributed by atoms with Crippen LogP contribution < -0.4 is 5.56 Å². The predicted octanol–water partition coefficient (Wildman–Crippen LogP) is 2.53. The summed E-state index contributed by atoms with van der Waals surface area (Å²) in [6.45, 7) is 1.39. The standard InChI is InChI=1S/C20H23N3O2/c24-19-9-8-18(16-6-7-16)21-23(19)17-10-12-22(13-11-17)20(25)14-15-4-2-1-3-5-15/h1-5,8-9,16-17H,6-7,10-14H2. The molecular weight excluding hydrogens is 314 g/mol. The van der Waals surface area contributed by atoms with E-state index in [2.05, 4.69) is 5.10 Å². The van der Waals surface area contributed by atoms with Crippen LogP contribution in [0.5, 0.6) is 0 Å². The van der Waals surface area contributed by atoms with Gasteiger partial charge in [0.25, 0.3) is 5.56 Å². The van der Waals surface area contributed by atoms with Gasteiger partial charge >= 0.3 is 0 Å². The van der Waals surface area contributed by atoms with Crippen LogP contribution in [-0.2, 0) is 11.2 Å². The largest absolute Gasteiger partial charge is 0.342 e. The van der Waals surface area contributed by atoms with Crippen LogP contribution in [0.1, 0.15) is 48.9 Å². The SMILES string of the molecule is O=C(Cc1ccccc1)N1CCC(n2nc(C3CC3)ccc2=O)CC1. The van der Waals surface area contributed by atoms with Crippen LogP contribution in [0.4, 0.5) is 0 Å². The van der Waals surface area contributed by atoms with Gasteiger partial charge in [-0.2, -0.15) is 5.10 Å². The summed E-state index contributed by atoms with van der Waals surface area (Å²) >= 11 is 0. The van der Waals surface area contributed by atoms with Gasteiger partial charge in [0.15, 0.2) is 0 Å². The molecule has 1 saturated carbocycles. The lowest BCUT2D eigenvalue weighted by molar-refractivity contribution is -0.131. The molecule has 25 heavy (non-hydrogen) atoms. The van der Waals surface area contributed by atoms with Crippen molar-refractivity contribution < 1.29 is 4.79 Å². The third-order valence-electron chi connectivity index (χ3n) is 5.20. The van der Waals surface area contributed by atoms with Crippen LogP contribution in [-0.4, -0.2) is 33.7 Å². The lowest BCUT2D eigenvalue weighted by Crippen LogP contribution is -2.42. The Kier molecular flexibility index (Phi) is 4.38. The second-order valence-corrected chi connectivity index (χ2v) is 7.09. The van der Waals surface area contributed by atoms with E-state index in [0.29, 0.717) is 25.4 Å². The molecule has 0 N–H and O–H groups in total. The number of rotatable bonds is 4. The fraction of sp³-hybridized carbons (Fsp3) is 0.450. The minimum Gasteiger partial charge on any atom is -0.342 e. The molecule has 2 aromatic rings. The maximum Gasteiger partial charge on any atom is 0.267 e. The Morgan fingerprint density at radius 1 is 1.00 bits per heavy atom. The van der Waals surface area contributed by atoms with Gasteiger partial charge in [0.2, 0.25) is 5.91 Å². The van der Waals surface area contributed by atoms with Crippen molar-refractivity contribution in [3.63, 3.8) is 0 Å². The molecular formula is C20H23N3O2. The van der Waals surface area contributed by atoms with E-state index in [0.717, 1.165) is 24.1 Å². The second-order valence-electron chi connectivity index (χ2n) is 7.09. The number of likely N-dealkylation sites (tertiary alicyclic amines) is 1. The minimum atomic E-state index is -0.0292. The smallest absolute Gasteiger partial charge is 0.267 e. The van der Waals surface area contributed by atoms with Gasteiger partial charge in [0, 0.05) is 25.1 Å². The average Bonchev–Trinajstić information content (AvgIpc) is 3.48. The Morgan fingerprint density at radius 3 is 2.40 bits per heavy atom. The van der Waals surface area contributed by atoms with E-state index in [-0.39, 0.29) is 17.5 Å². The number of hydrogen-bond acceptors (Lipinski definition) is 3. The van der Waals surface area contributed by atoms with E-state index >= 15 is 0 Å². The van der Waals surface area contributed by atoms with Gasteiger partial charge in [0.05, 0.1) is 18.2 Å². The number of amides is 1. The third kappa shape index (κ3) is 3.65. The van der Waals surface area contributed by atoms with Crippen LogP contribution in [0.2, 0.25) is 0 Å². The molecule has 1 aromatic carbocycles. The predicted molar refractivity (Wildman–Crippen MR) is 95.5 cm³/mol. The molecule has 0 bridgehead atoms. The number of benzene rings is 1. The fourth-order valence-corrected chi connectivity index (χ4v) is 3.54. The van der Waals surface area contributed by atoms with Gasteiger partial charge in [-0.3, -0.25) is 9.59 Å². The summed E-state index contributed by atoms with van der Waals surface area (Å²) in [5, 5.41) is 4.60. The second kappa shape index (κ2) is 6.82. The Labute approximate surface area is 147 Å². The molecule has 4 rings (SSSR count). The summed E-state index contributed by atoms with van der Waals surface area (Å²) in [6.07, 6.45) is 4.39. The zero-order valence-corrected chi connectivity index (χ0v) is 14.3. The van der Waals surface area contributed by atoms with Gasteiger partial charge in [0.1, 0.15) is 0 Å².